The number of ether oxygens (including phenoxy) is 1. The molecule has 1 heterocycles. The summed E-state index contributed by atoms with van der Waals surface area (Å²) < 4.78 is 5.81. The van der Waals surface area contributed by atoms with Gasteiger partial charge in [0.15, 0.2) is 0 Å². The first-order valence-electron chi connectivity index (χ1n) is 6.29. The van der Waals surface area contributed by atoms with Crippen molar-refractivity contribution in [3.63, 3.8) is 0 Å². The molecule has 1 atom stereocenters. The van der Waals surface area contributed by atoms with Crippen LogP contribution in [0.4, 0.5) is 0 Å². The van der Waals surface area contributed by atoms with Gasteiger partial charge < -0.3 is 15.2 Å². The van der Waals surface area contributed by atoms with Gasteiger partial charge in [0.1, 0.15) is 11.7 Å². The van der Waals surface area contributed by atoms with Gasteiger partial charge in [0, 0.05) is 18.0 Å². The van der Waals surface area contributed by atoms with Crippen molar-refractivity contribution in [3.8, 4) is 0 Å². The summed E-state index contributed by atoms with van der Waals surface area (Å²) in [5.41, 5.74) is 0.371. The number of carbonyl (C=O) groups excluding carboxylic acids is 2. The van der Waals surface area contributed by atoms with Crippen molar-refractivity contribution in [2.45, 2.75) is 26.8 Å². The Balaban J connectivity index is 2.84. The normalized spacial score (nSPS) is 12.6. The van der Waals surface area contributed by atoms with Crippen molar-refractivity contribution in [2.24, 2.45) is 0 Å². The van der Waals surface area contributed by atoms with Crippen LogP contribution in [0.15, 0.2) is 24.0 Å². The molecule has 8 nitrogen and oxygen atoms in total. The SMILES string of the molecule is CCOC(=O)/C=C(\C)NC(=O)c1ccnn1C(C)C(=O)O. The maximum absolute atomic E-state index is 12.0. The van der Waals surface area contributed by atoms with Crippen molar-refractivity contribution in [3.05, 3.63) is 29.7 Å². The summed E-state index contributed by atoms with van der Waals surface area (Å²) in [5, 5.41) is 15.2. The molecule has 1 unspecified atom stereocenters. The Morgan fingerprint density at radius 1 is 1.52 bits per heavy atom. The minimum absolute atomic E-state index is 0.0847. The number of hydrogen-bond acceptors (Lipinski definition) is 5. The van der Waals surface area contributed by atoms with Gasteiger partial charge in [-0.05, 0) is 26.8 Å². The number of carboxylic acids is 1. The number of carbonyl (C=O) groups is 3. The Bertz CT molecular complexity index is 576. The lowest BCUT2D eigenvalue weighted by molar-refractivity contribution is -0.140. The van der Waals surface area contributed by atoms with Crippen molar-refractivity contribution in [1.82, 2.24) is 15.1 Å². The fourth-order valence-corrected chi connectivity index (χ4v) is 1.55. The van der Waals surface area contributed by atoms with E-state index in [0.717, 1.165) is 10.8 Å². The fraction of sp³-hybridized carbons (Fsp3) is 0.385. The molecular weight excluding hydrogens is 278 g/mol. The van der Waals surface area contributed by atoms with Gasteiger partial charge in [-0.2, -0.15) is 5.10 Å². The molecule has 1 amide bonds. The van der Waals surface area contributed by atoms with Crippen LogP contribution in [-0.4, -0.2) is 39.3 Å². The molecule has 0 aromatic carbocycles. The van der Waals surface area contributed by atoms with E-state index in [0.29, 0.717) is 0 Å². The quantitative estimate of drug-likeness (QED) is 0.591. The molecule has 0 bridgehead atoms. The molecule has 1 rings (SSSR count). The Morgan fingerprint density at radius 3 is 2.76 bits per heavy atom. The van der Waals surface area contributed by atoms with E-state index in [1.807, 2.05) is 0 Å². The minimum Gasteiger partial charge on any atom is -0.480 e. The van der Waals surface area contributed by atoms with Gasteiger partial charge in [0.25, 0.3) is 5.91 Å². The predicted molar refractivity (Wildman–Crippen MR) is 72.4 cm³/mol. The summed E-state index contributed by atoms with van der Waals surface area (Å²) in [5.74, 6) is -2.23. The first kappa shape index (κ1) is 16.4. The Hall–Kier alpha value is -2.64. The van der Waals surface area contributed by atoms with Gasteiger partial charge >= 0.3 is 11.9 Å². The third-order valence-corrected chi connectivity index (χ3v) is 2.56. The first-order chi connectivity index (χ1) is 9.86. The van der Waals surface area contributed by atoms with Crippen LogP contribution >= 0.6 is 0 Å². The van der Waals surface area contributed by atoms with E-state index >= 15 is 0 Å². The molecular formula is C13H17N3O5. The van der Waals surface area contributed by atoms with Crippen LogP contribution < -0.4 is 5.32 Å². The van der Waals surface area contributed by atoms with Gasteiger partial charge in [0.2, 0.25) is 0 Å². The summed E-state index contributed by atoms with van der Waals surface area (Å²) in [7, 11) is 0. The summed E-state index contributed by atoms with van der Waals surface area (Å²) in [6.45, 7) is 4.84. The number of rotatable bonds is 6. The topological polar surface area (TPSA) is 111 Å². The summed E-state index contributed by atoms with van der Waals surface area (Å²) in [4.78, 5) is 34.2. The van der Waals surface area contributed by atoms with Crippen LogP contribution in [0, 0.1) is 0 Å². The largest absolute Gasteiger partial charge is 0.480 e. The van der Waals surface area contributed by atoms with Crippen LogP contribution in [0.5, 0.6) is 0 Å². The summed E-state index contributed by atoms with van der Waals surface area (Å²) in [6.07, 6.45) is 2.47. The zero-order chi connectivity index (χ0) is 16.0. The summed E-state index contributed by atoms with van der Waals surface area (Å²) in [6, 6.07) is 0.418. The molecule has 21 heavy (non-hydrogen) atoms. The molecule has 0 saturated heterocycles. The summed E-state index contributed by atoms with van der Waals surface area (Å²) >= 11 is 0. The number of allylic oxidation sites excluding steroid dienone is 1. The van der Waals surface area contributed by atoms with Crippen LogP contribution in [-0.2, 0) is 14.3 Å². The monoisotopic (exact) mass is 295 g/mol. The third kappa shape index (κ3) is 4.44. The maximum atomic E-state index is 12.0. The molecule has 114 valence electrons. The average Bonchev–Trinajstić information content (AvgIpc) is 2.86. The van der Waals surface area contributed by atoms with Gasteiger partial charge in [-0.1, -0.05) is 0 Å². The van der Waals surface area contributed by atoms with Crippen molar-refractivity contribution < 1.29 is 24.2 Å². The second kappa shape index (κ2) is 7.22. The molecule has 1 aromatic rings. The number of nitrogens with zero attached hydrogens (tertiary/aromatic N) is 2. The highest BCUT2D eigenvalue weighted by Crippen LogP contribution is 2.09. The number of amides is 1. The second-order valence-corrected chi connectivity index (χ2v) is 4.21. The molecule has 1 aromatic heterocycles. The molecule has 0 radical (unpaired) electrons. The molecule has 0 aliphatic carbocycles. The number of esters is 1. The standard InChI is InChI=1S/C13H17N3O5/c1-4-21-11(17)7-8(2)15-12(18)10-5-6-14-16(10)9(3)13(19)20/h5-7,9H,4H2,1-3H3,(H,15,18)(H,19,20)/b8-7+. The van der Waals surface area contributed by atoms with Gasteiger partial charge in [-0.15, -0.1) is 0 Å². The number of carboxylic acid groups (broad SMARTS) is 1. The minimum atomic E-state index is -1.11. The highest BCUT2D eigenvalue weighted by atomic mass is 16.5. The van der Waals surface area contributed by atoms with Crippen molar-refractivity contribution in [2.75, 3.05) is 6.61 Å². The van der Waals surface area contributed by atoms with Crippen LogP contribution in [0.25, 0.3) is 0 Å². The molecule has 0 aliphatic rings. The second-order valence-electron chi connectivity index (χ2n) is 4.21. The predicted octanol–water partition coefficient (Wildman–Crippen LogP) is 0.725. The van der Waals surface area contributed by atoms with Crippen LogP contribution in [0.3, 0.4) is 0 Å². The van der Waals surface area contributed by atoms with Gasteiger partial charge in [-0.3, -0.25) is 4.79 Å². The molecule has 0 spiro atoms. The number of aromatic nitrogens is 2. The molecule has 0 fully saturated rings. The van der Waals surface area contributed by atoms with E-state index in [2.05, 4.69) is 10.4 Å². The Morgan fingerprint density at radius 2 is 2.19 bits per heavy atom. The van der Waals surface area contributed by atoms with Gasteiger partial charge in [0.05, 0.1) is 6.61 Å². The number of aliphatic carboxylic acids is 1. The smallest absolute Gasteiger partial charge is 0.332 e. The molecule has 0 aliphatic heterocycles. The Labute approximate surface area is 121 Å². The molecule has 2 N–H and O–H groups in total. The van der Waals surface area contributed by atoms with E-state index < -0.39 is 23.9 Å². The zero-order valence-corrected chi connectivity index (χ0v) is 12.0. The fourth-order valence-electron chi connectivity index (χ4n) is 1.55. The first-order valence-corrected chi connectivity index (χ1v) is 6.29. The maximum Gasteiger partial charge on any atom is 0.332 e. The zero-order valence-electron chi connectivity index (χ0n) is 12.0. The lowest BCUT2D eigenvalue weighted by atomic mass is 10.3. The number of hydrogen-bond donors (Lipinski definition) is 2. The highest BCUT2D eigenvalue weighted by Gasteiger charge is 2.21. The Kier molecular flexibility index (Phi) is 5.65. The van der Waals surface area contributed by atoms with E-state index in [1.54, 1.807) is 6.92 Å². The van der Waals surface area contributed by atoms with Gasteiger partial charge in [-0.25, -0.2) is 14.3 Å². The lowest BCUT2D eigenvalue weighted by Gasteiger charge is -2.11. The lowest BCUT2D eigenvalue weighted by Crippen LogP contribution is -2.28. The van der Waals surface area contributed by atoms with E-state index in [4.69, 9.17) is 9.84 Å². The van der Waals surface area contributed by atoms with E-state index in [1.165, 1.54) is 26.1 Å². The third-order valence-electron chi connectivity index (χ3n) is 2.56. The van der Waals surface area contributed by atoms with E-state index in [9.17, 15) is 14.4 Å². The average molecular weight is 295 g/mol. The van der Waals surface area contributed by atoms with Crippen molar-refractivity contribution >= 4 is 17.8 Å². The van der Waals surface area contributed by atoms with E-state index in [-0.39, 0.29) is 18.0 Å². The van der Waals surface area contributed by atoms with Crippen LogP contribution in [0.1, 0.15) is 37.3 Å². The number of nitrogens with one attached hydrogen (secondary N) is 1. The van der Waals surface area contributed by atoms with Crippen molar-refractivity contribution in [1.29, 1.82) is 0 Å². The van der Waals surface area contributed by atoms with Crippen LogP contribution in [0.2, 0.25) is 0 Å². The highest BCUT2D eigenvalue weighted by molar-refractivity contribution is 5.95. The molecule has 8 heteroatoms. The molecule has 0 saturated carbocycles.